The Morgan fingerprint density at radius 1 is 1.06 bits per heavy atom. The molecule has 1 saturated heterocycles. The number of rotatable bonds is 8. The third kappa shape index (κ3) is 5.90. The summed E-state index contributed by atoms with van der Waals surface area (Å²) in [5, 5.41) is 12.2. The van der Waals surface area contributed by atoms with Gasteiger partial charge in [0.05, 0.1) is 18.0 Å². The molecule has 1 aliphatic heterocycles. The van der Waals surface area contributed by atoms with E-state index in [1.165, 1.54) is 17.3 Å². The number of anilines is 1. The first-order valence-electron chi connectivity index (χ1n) is 11.2. The second-order valence-corrected chi connectivity index (χ2v) is 9.25. The molecule has 8 nitrogen and oxygen atoms in total. The minimum Gasteiger partial charge on any atom is -0.368 e. The molecule has 1 aromatic heterocycles. The summed E-state index contributed by atoms with van der Waals surface area (Å²) in [6.45, 7) is 4.81. The molecule has 1 aliphatic rings. The van der Waals surface area contributed by atoms with Gasteiger partial charge in [0.15, 0.2) is 5.16 Å². The van der Waals surface area contributed by atoms with Crippen LogP contribution in [0.3, 0.4) is 0 Å². The van der Waals surface area contributed by atoms with Gasteiger partial charge in [0.1, 0.15) is 6.33 Å². The van der Waals surface area contributed by atoms with Crippen LogP contribution in [0.15, 0.2) is 60.0 Å². The SMILES string of the molecule is CCc1ccccc1-n1cnnc1SCC(=O)NCC(=O)N1CCN(c2ccc(Cl)cc2)CC1. The van der Waals surface area contributed by atoms with Gasteiger partial charge >= 0.3 is 0 Å². The van der Waals surface area contributed by atoms with Crippen molar-refractivity contribution < 1.29 is 9.59 Å². The van der Waals surface area contributed by atoms with Gasteiger partial charge in [-0.05, 0) is 42.3 Å². The van der Waals surface area contributed by atoms with Gasteiger partial charge in [-0.25, -0.2) is 0 Å². The quantitative estimate of drug-likeness (QED) is 0.481. The highest BCUT2D eigenvalue weighted by Gasteiger charge is 2.22. The van der Waals surface area contributed by atoms with Crippen LogP contribution in [0, 0.1) is 0 Å². The third-order valence-electron chi connectivity index (χ3n) is 5.74. The topological polar surface area (TPSA) is 83.4 Å². The molecule has 2 aromatic carbocycles. The van der Waals surface area contributed by atoms with Crippen molar-refractivity contribution in [3.8, 4) is 5.69 Å². The first kappa shape index (κ1) is 24.1. The Morgan fingerprint density at radius 3 is 2.53 bits per heavy atom. The van der Waals surface area contributed by atoms with Gasteiger partial charge in [-0.3, -0.25) is 14.2 Å². The molecule has 1 N–H and O–H groups in total. The number of piperazine rings is 1. The molecule has 2 heterocycles. The molecule has 0 radical (unpaired) electrons. The molecule has 34 heavy (non-hydrogen) atoms. The van der Waals surface area contributed by atoms with Gasteiger partial charge < -0.3 is 15.1 Å². The van der Waals surface area contributed by atoms with E-state index >= 15 is 0 Å². The molecule has 3 aromatic rings. The van der Waals surface area contributed by atoms with Crippen LogP contribution in [-0.2, 0) is 16.0 Å². The average Bonchev–Trinajstić information content (AvgIpc) is 3.35. The molecule has 10 heteroatoms. The van der Waals surface area contributed by atoms with Crippen LogP contribution in [0.1, 0.15) is 12.5 Å². The number of carbonyl (C=O) groups excluding carboxylic acids is 2. The Kier molecular flexibility index (Phi) is 8.08. The summed E-state index contributed by atoms with van der Waals surface area (Å²) in [5.41, 5.74) is 3.28. The summed E-state index contributed by atoms with van der Waals surface area (Å²) in [6.07, 6.45) is 2.54. The van der Waals surface area contributed by atoms with E-state index in [1.807, 2.05) is 47.0 Å². The highest BCUT2D eigenvalue weighted by molar-refractivity contribution is 7.99. The van der Waals surface area contributed by atoms with Crippen LogP contribution < -0.4 is 10.2 Å². The standard InChI is InChI=1S/C24H27ClN6O2S/c1-2-18-5-3-4-6-21(18)31-17-27-28-24(31)34-16-22(32)26-15-23(33)30-13-11-29(12-14-30)20-9-7-19(25)8-10-20/h3-10,17H,2,11-16H2,1H3,(H,26,32). The number of nitrogens with zero attached hydrogens (tertiary/aromatic N) is 5. The van der Waals surface area contributed by atoms with E-state index in [0.29, 0.717) is 23.3 Å². The zero-order valence-electron chi connectivity index (χ0n) is 19.0. The smallest absolute Gasteiger partial charge is 0.242 e. The lowest BCUT2D eigenvalue weighted by molar-refractivity contribution is -0.132. The van der Waals surface area contributed by atoms with Crippen molar-refractivity contribution in [1.82, 2.24) is 25.0 Å². The second kappa shape index (κ2) is 11.4. The fraction of sp³-hybridized carbons (Fsp3) is 0.333. The van der Waals surface area contributed by atoms with E-state index in [9.17, 15) is 9.59 Å². The monoisotopic (exact) mass is 498 g/mol. The molecule has 0 bridgehead atoms. The van der Waals surface area contributed by atoms with Crippen molar-refractivity contribution in [2.75, 3.05) is 43.4 Å². The van der Waals surface area contributed by atoms with E-state index in [2.05, 4.69) is 33.4 Å². The van der Waals surface area contributed by atoms with Crippen molar-refractivity contribution in [1.29, 1.82) is 0 Å². The summed E-state index contributed by atoms with van der Waals surface area (Å²) < 4.78 is 1.89. The molecule has 1 fully saturated rings. The second-order valence-electron chi connectivity index (χ2n) is 7.88. The number of amides is 2. The summed E-state index contributed by atoms with van der Waals surface area (Å²) in [6, 6.07) is 15.8. The number of carbonyl (C=O) groups is 2. The molecule has 0 spiro atoms. The Bertz CT molecular complexity index is 1130. The van der Waals surface area contributed by atoms with Crippen LogP contribution in [0.5, 0.6) is 0 Å². The predicted molar refractivity (Wildman–Crippen MR) is 135 cm³/mol. The molecule has 0 unspecified atom stereocenters. The predicted octanol–water partition coefficient (Wildman–Crippen LogP) is 3.04. The molecular weight excluding hydrogens is 472 g/mol. The Balaban J connectivity index is 1.23. The average molecular weight is 499 g/mol. The van der Waals surface area contributed by atoms with E-state index in [0.717, 1.165) is 30.9 Å². The molecule has 2 amide bonds. The number of para-hydroxylation sites is 1. The Morgan fingerprint density at radius 2 is 1.79 bits per heavy atom. The minimum absolute atomic E-state index is 0.00824. The molecule has 178 valence electrons. The lowest BCUT2D eigenvalue weighted by Crippen LogP contribution is -2.51. The largest absolute Gasteiger partial charge is 0.368 e. The van der Waals surface area contributed by atoms with Crippen LogP contribution in [0.2, 0.25) is 5.02 Å². The maximum Gasteiger partial charge on any atom is 0.242 e. The van der Waals surface area contributed by atoms with Gasteiger partial charge in [-0.2, -0.15) is 0 Å². The van der Waals surface area contributed by atoms with Crippen LogP contribution in [-0.4, -0.2) is 70.0 Å². The van der Waals surface area contributed by atoms with Crippen LogP contribution >= 0.6 is 23.4 Å². The van der Waals surface area contributed by atoms with Gasteiger partial charge in [0.25, 0.3) is 0 Å². The number of aromatic nitrogens is 3. The van der Waals surface area contributed by atoms with Crippen molar-refractivity contribution in [3.63, 3.8) is 0 Å². The summed E-state index contributed by atoms with van der Waals surface area (Å²) in [4.78, 5) is 29.0. The van der Waals surface area contributed by atoms with Gasteiger partial charge in [-0.1, -0.05) is 48.5 Å². The molecule has 0 saturated carbocycles. The first-order chi connectivity index (χ1) is 16.5. The highest BCUT2D eigenvalue weighted by atomic mass is 35.5. The maximum absolute atomic E-state index is 12.6. The minimum atomic E-state index is -0.212. The van der Waals surface area contributed by atoms with Gasteiger partial charge in [0.2, 0.25) is 11.8 Å². The molecule has 0 aliphatic carbocycles. The van der Waals surface area contributed by atoms with Crippen molar-refractivity contribution >= 4 is 40.9 Å². The number of benzene rings is 2. The number of hydrogen-bond donors (Lipinski definition) is 1. The van der Waals surface area contributed by atoms with Crippen molar-refractivity contribution in [3.05, 3.63) is 65.4 Å². The zero-order valence-corrected chi connectivity index (χ0v) is 20.6. The summed E-state index contributed by atoms with van der Waals surface area (Å²) in [5.74, 6) is -0.129. The van der Waals surface area contributed by atoms with E-state index in [-0.39, 0.29) is 24.1 Å². The molecule has 4 rings (SSSR count). The Hall–Kier alpha value is -3.04. The van der Waals surface area contributed by atoms with Crippen LogP contribution in [0.4, 0.5) is 5.69 Å². The summed E-state index contributed by atoms with van der Waals surface area (Å²) in [7, 11) is 0. The number of nitrogens with one attached hydrogen (secondary N) is 1. The lowest BCUT2D eigenvalue weighted by atomic mass is 10.1. The highest BCUT2D eigenvalue weighted by Crippen LogP contribution is 2.22. The normalized spacial score (nSPS) is 13.7. The number of thioether (sulfide) groups is 1. The van der Waals surface area contributed by atoms with Crippen molar-refractivity contribution in [2.24, 2.45) is 0 Å². The fourth-order valence-corrected chi connectivity index (χ4v) is 4.74. The van der Waals surface area contributed by atoms with Gasteiger partial charge in [-0.15, -0.1) is 10.2 Å². The maximum atomic E-state index is 12.6. The molecular formula is C24H27ClN6O2S. The first-order valence-corrected chi connectivity index (χ1v) is 12.6. The fourth-order valence-electron chi connectivity index (χ4n) is 3.87. The van der Waals surface area contributed by atoms with Crippen molar-refractivity contribution in [2.45, 2.75) is 18.5 Å². The summed E-state index contributed by atoms with van der Waals surface area (Å²) >= 11 is 7.26. The van der Waals surface area contributed by atoms with E-state index in [1.54, 1.807) is 11.2 Å². The zero-order chi connectivity index (χ0) is 23.9. The number of halogens is 1. The lowest BCUT2D eigenvalue weighted by Gasteiger charge is -2.36. The number of aryl methyl sites for hydroxylation is 1. The van der Waals surface area contributed by atoms with Gasteiger partial charge in [0, 0.05) is 36.9 Å². The van der Waals surface area contributed by atoms with E-state index < -0.39 is 0 Å². The Labute approximate surface area is 208 Å². The van der Waals surface area contributed by atoms with E-state index in [4.69, 9.17) is 11.6 Å². The third-order valence-corrected chi connectivity index (χ3v) is 6.94. The number of hydrogen-bond acceptors (Lipinski definition) is 6. The van der Waals surface area contributed by atoms with Crippen LogP contribution in [0.25, 0.3) is 5.69 Å². The molecule has 0 atom stereocenters.